The SMILES string of the molecule is CC(c1cc(F)ccc1F)N(C)C(=O)C(N)CC(N)=O. The van der Waals surface area contributed by atoms with Crippen LogP contribution in [0.25, 0.3) is 0 Å². The number of hydrogen-bond donors (Lipinski definition) is 2. The molecule has 0 radical (unpaired) electrons. The molecule has 1 aromatic rings. The minimum atomic E-state index is -1.10. The molecule has 0 aliphatic heterocycles. The number of nitrogens with two attached hydrogens (primary N) is 2. The van der Waals surface area contributed by atoms with Crippen molar-refractivity contribution in [2.24, 2.45) is 11.5 Å². The summed E-state index contributed by atoms with van der Waals surface area (Å²) in [6.45, 7) is 1.53. The predicted molar refractivity (Wildman–Crippen MR) is 69.3 cm³/mol. The number of hydrogen-bond acceptors (Lipinski definition) is 3. The third-order valence-corrected chi connectivity index (χ3v) is 3.08. The van der Waals surface area contributed by atoms with E-state index in [2.05, 4.69) is 0 Å². The lowest BCUT2D eigenvalue weighted by atomic mass is 10.0. The third kappa shape index (κ3) is 3.74. The zero-order valence-corrected chi connectivity index (χ0v) is 11.3. The van der Waals surface area contributed by atoms with Gasteiger partial charge < -0.3 is 16.4 Å². The van der Waals surface area contributed by atoms with E-state index in [1.54, 1.807) is 0 Å². The van der Waals surface area contributed by atoms with Crippen LogP contribution in [0.5, 0.6) is 0 Å². The number of likely N-dealkylation sites (N-methyl/N-ethyl adjacent to an activating group) is 1. The van der Waals surface area contributed by atoms with E-state index in [-0.39, 0.29) is 12.0 Å². The van der Waals surface area contributed by atoms with E-state index in [9.17, 15) is 18.4 Å². The van der Waals surface area contributed by atoms with Crippen molar-refractivity contribution in [3.63, 3.8) is 0 Å². The van der Waals surface area contributed by atoms with Crippen molar-refractivity contribution in [3.05, 3.63) is 35.4 Å². The fraction of sp³-hybridized carbons (Fsp3) is 0.385. The van der Waals surface area contributed by atoms with Gasteiger partial charge in [0.2, 0.25) is 11.8 Å². The highest BCUT2D eigenvalue weighted by molar-refractivity contribution is 5.87. The van der Waals surface area contributed by atoms with Crippen molar-refractivity contribution >= 4 is 11.8 Å². The van der Waals surface area contributed by atoms with Gasteiger partial charge in [0.1, 0.15) is 11.6 Å². The lowest BCUT2D eigenvalue weighted by Gasteiger charge is -2.27. The second-order valence-electron chi connectivity index (χ2n) is 4.57. The molecule has 1 rings (SSSR count). The highest BCUT2D eigenvalue weighted by Crippen LogP contribution is 2.23. The maximum absolute atomic E-state index is 13.6. The first-order valence-corrected chi connectivity index (χ1v) is 5.99. The van der Waals surface area contributed by atoms with Gasteiger partial charge in [0.25, 0.3) is 0 Å². The molecule has 0 aliphatic carbocycles. The van der Waals surface area contributed by atoms with E-state index in [0.29, 0.717) is 0 Å². The van der Waals surface area contributed by atoms with Crippen LogP contribution in [-0.4, -0.2) is 29.8 Å². The minimum Gasteiger partial charge on any atom is -0.370 e. The van der Waals surface area contributed by atoms with Crippen molar-refractivity contribution in [3.8, 4) is 0 Å². The molecule has 0 spiro atoms. The van der Waals surface area contributed by atoms with Gasteiger partial charge in [-0.2, -0.15) is 0 Å². The number of amides is 2. The molecule has 1 aromatic carbocycles. The average molecular weight is 285 g/mol. The summed E-state index contributed by atoms with van der Waals surface area (Å²) in [6, 6.07) is 1.17. The molecule has 0 saturated carbocycles. The fourth-order valence-electron chi connectivity index (χ4n) is 1.80. The Morgan fingerprint density at radius 3 is 2.50 bits per heavy atom. The molecule has 0 bridgehead atoms. The van der Waals surface area contributed by atoms with Crippen LogP contribution >= 0.6 is 0 Å². The fourth-order valence-corrected chi connectivity index (χ4v) is 1.80. The second-order valence-corrected chi connectivity index (χ2v) is 4.57. The van der Waals surface area contributed by atoms with Gasteiger partial charge >= 0.3 is 0 Å². The largest absolute Gasteiger partial charge is 0.370 e. The van der Waals surface area contributed by atoms with Crippen LogP contribution in [0.1, 0.15) is 24.9 Å². The first kappa shape index (κ1) is 16.0. The Labute approximate surface area is 115 Å². The molecule has 2 atom stereocenters. The zero-order valence-electron chi connectivity index (χ0n) is 11.3. The third-order valence-electron chi connectivity index (χ3n) is 3.08. The number of primary amides is 1. The second kappa shape index (κ2) is 6.42. The molecular weight excluding hydrogens is 268 g/mol. The van der Waals surface area contributed by atoms with Gasteiger partial charge in [-0.05, 0) is 25.1 Å². The lowest BCUT2D eigenvalue weighted by Crippen LogP contribution is -2.44. The van der Waals surface area contributed by atoms with E-state index in [0.717, 1.165) is 23.1 Å². The molecule has 0 aliphatic rings. The van der Waals surface area contributed by atoms with Crippen LogP contribution in [-0.2, 0) is 9.59 Å². The predicted octanol–water partition coefficient (Wildman–Crippen LogP) is 0.687. The van der Waals surface area contributed by atoms with Gasteiger partial charge in [-0.25, -0.2) is 8.78 Å². The average Bonchev–Trinajstić information content (AvgIpc) is 2.38. The zero-order chi connectivity index (χ0) is 15.4. The highest BCUT2D eigenvalue weighted by Gasteiger charge is 2.25. The summed E-state index contributed by atoms with van der Waals surface area (Å²) in [5, 5.41) is 0. The van der Waals surface area contributed by atoms with E-state index in [1.807, 2.05) is 0 Å². The molecule has 0 fully saturated rings. The summed E-state index contributed by atoms with van der Waals surface area (Å²) in [6.07, 6.45) is -0.304. The number of carbonyl (C=O) groups is 2. The number of rotatable bonds is 5. The Balaban J connectivity index is 2.90. The summed E-state index contributed by atoms with van der Waals surface area (Å²) < 4.78 is 26.8. The van der Waals surface area contributed by atoms with Gasteiger partial charge in [-0.15, -0.1) is 0 Å². The topological polar surface area (TPSA) is 89.4 Å². The summed E-state index contributed by atoms with van der Waals surface area (Å²) in [5.74, 6) is -2.50. The van der Waals surface area contributed by atoms with Crippen LogP contribution in [0.4, 0.5) is 8.78 Å². The molecule has 110 valence electrons. The molecule has 0 aromatic heterocycles. The quantitative estimate of drug-likeness (QED) is 0.834. The Morgan fingerprint density at radius 2 is 1.95 bits per heavy atom. The summed E-state index contributed by atoms with van der Waals surface area (Å²) in [7, 11) is 1.40. The van der Waals surface area contributed by atoms with Crippen molar-refractivity contribution in [1.82, 2.24) is 4.90 Å². The van der Waals surface area contributed by atoms with Crippen LogP contribution in [0.3, 0.4) is 0 Å². The molecule has 2 amide bonds. The normalized spacial score (nSPS) is 13.7. The lowest BCUT2D eigenvalue weighted by molar-refractivity contribution is -0.135. The maximum Gasteiger partial charge on any atom is 0.240 e. The molecule has 4 N–H and O–H groups in total. The summed E-state index contributed by atoms with van der Waals surface area (Å²) in [5.41, 5.74) is 10.5. The van der Waals surface area contributed by atoms with Crippen LogP contribution in [0, 0.1) is 11.6 Å². The molecule has 0 saturated heterocycles. The molecule has 2 unspecified atom stereocenters. The van der Waals surface area contributed by atoms with Crippen LogP contribution in [0.2, 0.25) is 0 Å². The number of halogens is 2. The van der Waals surface area contributed by atoms with Gasteiger partial charge in [0.05, 0.1) is 18.5 Å². The molecule has 5 nitrogen and oxygen atoms in total. The summed E-state index contributed by atoms with van der Waals surface area (Å²) in [4.78, 5) is 23.9. The minimum absolute atomic E-state index is 0.0344. The number of benzene rings is 1. The molecule has 0 heterocycles. The maximum atomic E-state index is 13.6. The van der Waals surface area contributed by atoms with Gasteiger partial charge in [0, 0.05) is 12.6 Å². The van der Waals surface area contributed by atoms with Gasteiger partial charge in [-0.3, -0.25) is 9.59 Å². The van der Waals surface area contributed by atoms with E-state index < -0.39 is 35.5 Å². The number of nitrogens with zero attached hydrogens (tertiary/aromatic N) is 1. The van der Waals surface area contributed by atoms with E-state index in [4.69, 9.17) is 11.5 Å². The van der Waals surface area contributed by atoms with E-state index in [1.165, 1.54) is 14.0 Å². The van der Waals surface area contributed by atoms with Crippen molar-refractivity contribution in [2.75, 3.05) is 7.05 Å². The smallest absolute Gasteiger partial charge is 0.240 e. The first-order chi connectivity index (χ1) is 9.23. The Kier molecular flexibility index (Phi) is 5.15. The Bertz CT molecular complexity index is 522. The molecule has 7 heteroatoms. The van der Waals surface area contributed by atoms with Crippen molar-refractivity contribution in [2.45, 2.75) is 25.4 Å². The van der Waals surface area contributed by atoms with E-state index >= 15 is 0 Å². The van der Waals surface area contributed by atoms with Crippen LogP contribution in [0.15, 0.2) is 18.2 Å². The van der Waals surface area contributed by atoms with Crippen molar-refractivity contribution < 1.29 is 18.4 Å². The monoisotopic (exact) mass is 285 g/mol. The first-order valence-electron chi connectivity index (χ1n) is 5.99. The Hall–Kier alpha value is -2.02. The standard InChI is InChI=1S/C13H17F2N3O2/c1-7(9-5-8(14)3-4-10(9)15)18(2)13(20)11(16)6-12(17)19/h3-5,7,11H,6,16H2,1-2H3,(H2,17,19). The van der Waals surface area contributed by atoms with Gasteiger partial charge in [0.15, 0.2) is 0 Å². The van der Waals surface area contributed by atoms with Crippen LogP contribution < -0.4 is 11.5 Å². The highest BCUT2D eigenvalue weighted by atomic mass is 19.1. The molecule has 20 heavy (non-hydrogen) atoms. The Morgan fingerprint density at radius 1 is 1.35 bits per heavy atom. The molecular formula is C13H17F2N3O2. The van der Waals surface area contributed by atoms with Crippen molar-refractivity contribution in [1.29, 1.82) is 0 Å². The van der Waals surface area contributed by atoms with Gasteiger partial charge in [-0.1, -0.05) is 0 Å². The summed E-state index contributed by atoms with van der Waals surface area (Å²) >= 11 is 0. The number of carbonyl (C=O) groups excluding carboxylic acids is 2.